The SMILES string of the molecule is CN(CCCC(=O)OCCOCCN)CCOc1ccc2[nH]c(C(=O)C(C)(C)C)cc2c1. The Bertz CT molecular complexity index is 872. The average Bonchev–Trinajstić information content (AvgIpc) is 3.15. The zero-order valence-electron chi connectivity index (χ0n) is 19.7. The van der Waals surface area contributed by atoms with Gasteiger partial charge in [0.2, 0.25) is 0 Å². The maximum Gasteiger partial charge on any atom is 0.305 e. The summed E-state index contributed by atoms with van der Waals surface area (Å²) >= 11 is 0. The number of ether oxygens (including phenoxy) is 3. The van der Waals surface area contributed by atoms with E-state index in [1.54, 1.807) is 0 Å². The number of rotatable bonds is 14. The Morgan fingerprint density at radius 2 is 1.84 bits per heavy atom. The van der Waals surface area contributed by atoms with E-state index >= 15 is 0 Å². The normalized spacial score (nSPS) is 11.8. The van der Waals surface area contributed by atoms with E-state index in [0.717, 1.165) is 36.2 Å². The number of carbonyl (C=O) groups is 2. The topological polar surface area (TPSA) is 107 Å². The van der Waals surface area contributed by atoms with Crippen molar-refractivity contribution < 1.29 is 23.8 Å². The number of hydrogen-bond acceptors (Lipinski definition) is 7. The largest absolute Gasteiger partial charge is 0.492 e. The first kappa shape index (κ1) is 25.8. The molecule has 1 aromatic heterocycles. The van der Waals surface area contributed by atoms with Gasteiger partial charge in [-0.1, -0.05) is 20.8 Å². The maximum atomic E-state index is 12.5. The lowest BCUT2D eigenvalue weighted by Crippen LogP contribution is -2.26. The van der Waals surface area contributed by atoms with Gasteiger partial charge in [-0.3, -0.25) is 9.59 Å². The second-order valence-electron chi connectivity index (χ2n) is 8.89. The number of nitrogens with zero attached hydrogens (tertiary/aromatic N) is 1. The minimum atomic E-state index is -0.430. The molecule has 1 aromatic carbocycles. The highest BCUT2D eigenvalue weighted by atomic mass is 16.6. The predicted octanol–water partition coefficient (Wildman–Crippen LogP) is 3.01. The van der Waals surface area contributed by atoms with Crippen LogP contribution in [0.1, 0.15) is 44.1 Å². The lowest BCUT2D eigenvalue weighted by atomic mass is 9.89. The molecule has 3 N–H and O–H groups in total. The van der Waals surface area contributed by atoms with Gasteiger partial charge in [-0.15, -0.1) is 0 Å². The highest BCUT2D eigenvalue weighted by molar-refractivity contribution is 6.02. The van der Waals surface area contributed by atoms with Crippen LogP contribution in [0.25, 0.3) is 10.9 Å². The van der Waals surface area contributed by atoms with Crippen LogP contribution in [0, 0.1) is 5.41 Å². The molecular formula is C24H37N3O5. The van der Waals surface area contributed by atoms with Crippen molar-refractivity contribution in [3.8, 4) is 5.75 Å². The minimum Gasteiger partial charge on any atom is -0.492 e. The van der Waals surface area contributed by atoms with Gasteiger partial charge in [-0.2, -0.15) is 0 Å². The molecule has 2 rings (SSSR count). The molecule has 0 aliphatic heterocycles. The second-order valence-corrected chi connectivity index (χ2v) is 8.89. The van der Waals surface area contributed by atoms with Gasteiger partial charge in [0.15, 0.2) is 5.78 Å². The summed E-state index contributed by atoms with van der Waals surface area (Å²) in [6, 6.07) is 7.65. The first-order valence-corrected chi connectivity index (χ1v) is 11.1. The van der Waals surface area contributed by atoms with Crippen LogP contribution < -0.4 is 10.5 Å². The third-order valence-corrected chi connectivity index (χ3v) is 4.93. The summed E-state index contributed by atoms with van der Waals surface area (Å²) in [5.74, 6) is 0.636. The molecule has 0 aliphatic carbocycles. The van der Waals surface area contributed by atoms with Gasteiger partial charge in [0.25, 0.3) is 0 Å². The van der Waals surface area contributed by atoms with Crippen LogP contribution in [0.3, 0.4) is 0 Å². The van der Waals surface area contributed by atoms with E-state index in [2.05, 4.69) is 9.88 Å². The molecule has 0 fully saturated rings. The lowest BCUT2D eigenvalue weighted by molar-refractivity contribution is -0.145. The monoisotopic (exact) mass is 447 g/mol. The average molecular weight is 448 g/mol. The quantitative estimate of drug-likeness (QED) is 0.260. The summed E-state index contributed by atoms with van der Waals surface area (Å²) in [6.07, 6.45) is 1.10. The summed E-state index contributed by atoms with van der Waals surface area (Å²) in [4.78, 5) is 29.5. The summed E-state index contributed by atoms with van der Waals surface area (Å²) in [6.45, 7) is 9.35. The zero-order valence-corrected chi connectivity index (χ0v) is 19.7. The molecule has 178 valence electrons. The van der Waals surface area contributed by atoms with Gasteiger partial charge < -0.3 is 29.8 Å². The van der Waals surface area contributed by atoms with Gasteiger partial charge in [-0.25, -0.2) is 0 Å². The number of aromatic amines is 1. The zero-order chi connectivity index (χ0) is 23.6. The molecule has 0 aliphatic rings. The van der Waals surface area contributed by atoms with E-state index in [-0.39, 0.29) is 18.4 Å². The molecule has 0 unspecified atom stereocenters. The van der Waals surface area contributed by atoms with Crippen LogP contribution in [-0.4, -0.2) is 74.7 Å². The number of nitrogens with one attached hydrogen (secondary N) is 1. The first-order chi connectivity index (χ1) is 15.2. The van der Waals surface area contributed by atoms with E-state index in [1.807, 2.05) is 52.1 Å². The molecule has 0 spiro atoms. The van der Waals surface area contributed by atoms with Crippen molar-refractivity contribution >= 4 is 22.7 Å². The van der Waals surface area contributed by atoms with Crippen LogP contribution in [0.2, 0.25) is 0 Å². The number of likely N-dealkylation sites (N-methyl/N-ethyl adjacent to an activating group) is 1. The molecular weight excluding hydrogens is 410 g/mol. The Morgan fingerprint density at radius 1 is 1.06 bits per heavy atom. The van der Waals surface area contributed by atoms with E-state index in [9.17, 15) is 9.59 Å². The highest BCUT2D eigenvalue weighted by Crippen LogP contribution is 2.26. The number of benzene rings is 1. The van der Waals surface area contributed by atoms with Crippen LogP contribution in [0.15, 0.2) is 24.3 Å². The predicted molar refractivity (Wildman–Crippen MR) is 125 cm³/mol. The lowest BCUT2D eigenvalue weighted by Gasteiger charge is -2.16. The molecule has 0 saturated heterocycles. The number of ketones is 1. The van der Waals surface area contributed by atoms with E-state index in [4.69, 9.17) is 19.9 Å². The van der Waals surface area contributed by atoms with Crippen molar-refractivity contribution in [2.24, 2.45) is 11.1 Å². The third-order valence-electron chi connectivity index (χ3n) is 4.93. The number of aromatic nitrogens is 1. The summed E-state index contributed by atoms with van der Waals surface area (Å²) in [7, 11) is 2.00. The Kier molecular flexibility index (Phi) is 10.2. The van der Waals surface area contributed by atoms with Crippen LogP contribution in [0.5, 0.6) is 5.75 Å². The summed E-state index contributed by atoms with van der Waals surface area (Å²) in [5, 5.41) is 0.954. The number of hydrogen-bond donors (Lipinski definition) is 2. The Labute approximate surface area is 190 Å². The van der Waals surface area contributed by atoms with Crippen molar-refractivity contribution in [3.05, 3.63) is 30.0 Å². The Balaban J connectivity index is 1.68. The van der Waals surface area contributed by atoms with Crippen molar-refractivity contribution in [2.45, 2.75) is 33.6 Å². The van der Waals surface area contributed by atoms with Crippen LogP contribution in [0.4, 0.5) is 0 Å². The fourth-order valence-electron chi connectivity index (χ4n) is 3.12. The fraction of sp³-hybridized carbons (Fsp3) is 0.583. The van der Waals surface area contributed by atoms with Gasteiger partial charge in [0, 0.05) is 35.8 Å². The van der Waals surface area contributed by atoms with Crippen molar-refractivity contribution in [2.75, 3.05) is 53.1 Å². The number of nitrogens with two attached hydrogens (primary N) is 1. The molecule has 8 heteroatoms. The summed E-state index contributed by atoms with van der Waals surface area (Å²) in [5.41, 5.74) is 6.42. The molecule has 8 nitrogen and oxygen atoms in total. The number of fused-ring (bicyclic) bond motifs is 1. The van der Waals surface area contributed by atoms with E-state index in [1.165, 1.54) is 0 Å². The third kappa shape index (κ3) is 8.61. The van der Waals surface area contributed by atoms with Gasteiger partial charge in [0.1, 0.15) is 19.0 Å². The summed E-state index contributed by atoms with van der Waals surface area (Å²) < 4.78 is 16.2. The van der Waals surface area contributed by atoms with Crippen molar-refractivity contribution in [3.63, 3.8) is 0 Å². The van der Waals surface area contributed by atoms with Gasteiger partial charge in [0.05, 0.1) is 18.9 Å². The van der Waals surface area contributed by atoms with Crippen LogP contribution >= 0.6 is 0 Å². The fourth-order valence-corrected chi connectivity index (χ4v) is 3.12. The van der Waals surface area contributed by atoms with Crippen molar-refractivity contribution in [1.29, 1.82) is 0 Å². The molecule has 0 bridgehead atoms. The van der Waals surface area contributed by atoms with Crippen molar-refractivity contribution in [1.82, 2.24) is 9.88 Å². The highest BCUT2D eigenvalue weighted by Gasteiger charge is 2.24. The molecule has 0 radical (unpaired) electrons. The standard InChI is InChI=1S/C24H37N3O5/c1-24(2,3)23(29)21-17-18-16-19(7-8-20(18)26-21)31-13-11-27(4)10-5-6-22(28)32-15-14-30-12-9-25/h7-8,16-17,26H,5-6,9-15,25H2,1-4H3. The Hall–Kier alpha value is -2.42. The first-order valence-electron chi connectivity index (χ1n) is 11.1. The molecule has 32 heavy (non-hydrogen) atoms. The molecule has 0 saturated carbocycles. The van der Waals surface area contributed by atoms with Gasteiger partial charge in [-0.05, 0) is 44.3 Å². The van der Waals surface area contributed by atoms with E-state index in [0.29, 0.717) is 38.5 Å². The Morgan fingerprint density at radius 3 is 2.56 bits per heavy atom. The molecule has 0 amide bonds. The van der Waals surface area contributed by atoms with Crippen LogP contribution in [-0.2, 0) is 14.3 Å². The number of Topliss-reactive ketones (excluding diaryl/α,β-unsaturated/α-hetero) is 1. The molecule has 2 aromatic rings. The number of carbonyl (C=O) groups excluding carboxylic acids is 2. The minimum absolute atomic E-state index is 0.0848. The van der Waals surface area contributed by atoms with E-state index < -0.39 is 5.41 Å². The maximum absolute atomic E-state index is 12.5. The number of esters is 1. The second kappa shape index (κ2) is 12.6. The number of H-pyrrole nitrogens is 1. The smallest absolute Gasteiger partial charge is 0.305 e. The molecule has 0 atom stereocenters. The molecule has 1 heterocycles. The van der Waals surface area contributed by atoms with Gasteiger partial charge >= 0.3 is 5.97 Å².